The highest BCUT2D eigenvalue weighted by molar-refractivity contribution is 5.85. The zero-order chi connectivity index (χ0) is 9.10. The van der Waals surface area contributed by atoms with Crippen LogP contribution in [0.1, 0.15) is 11.6 Å². The van der Waals surface area contributed by atoms with E-state index in [1.165, 1.54) is 0 Å². The van der Waals surface area contributed by atoms with Gasteiger partial charge in [-0.05, 0) is 5.56 Å². The smallest absolute Gasteiger partial charge is 0.234 e. The first-order valence-electron chi connectivity index (χ1n) is 4.41. The molecule has 1 atom stereocenters. The minimum absolute atomic E-state index is 0. The summed E-state index contributed by atoms with van der Waals surface area (Å²) in [4.78, 5) is 11.1. The van der Waals surface area contributed by atoms with Gasteiger partial charge in [-0.25, -0.2) is 0 Å². The fraction of sp³-hybridized carbons (Fsp3) is 0.300. The number of piperazine rings is 1. The van der Waals surface area contributed by atoms with Gasteiger partial charge < -0.3 is 10.6 Å². The van der Waals surface area contributed by atoms with Gasteiger partial charge in [-0.15, -0.1) is 12.4 Å². The van der Waals surface area contributed by atoms with E-state index in [0.29, 0.717) is 6.54 Å². The quantitative estimate of drug-likeness (QED) is 0.726. The third-order valence-corrected chi connectivity index (χ3v) is 2.17. The molecule has 3 nitrogen and oxygen atoms in total. The molecule has 1 aliphatic rings. The zero-order valence-corrected chi connectivity index (χ0v) is 8.51. The van der Waals surface area contributed by atoms with Crippen LogP contribution in [0.2, 0.25) is 0 Å². The van der Waals surface area contributed by atoms with Crippen LogP contribution in [0.3, 0.4) is 0 Å². The van der Waals surface area contributed by atoms with Crippen LogP contribution < -0.4 is 10.6 Å². The van der Waals surface area contributed by atoms with Crippen LogP contribution in [-0.2, 0) is 4.79 Å². The van der Waals surface area contributed by atoms with Crippen molar-refractivity contribution in [3.63, 3.8) is 0 Å². The summed E-state index contributed by atoms with van der Waals surface area (Å²) in [6, 6.07) is 10.1. The fourth-order valence-corrected chi connectivity index (χ4v) is 1.51. The SMILES string of the molecule is Cl.O=C1CNCC(c2ccccc2)N1. The number of nitrogens with one attached hydrogen (secondary N) is 2. The Morgan fingerprint density at radius 3 is 2.57 bits per heavy atom. The van der Waals surface area contributed by atoms with E-state index in [0.717, 1.165) is 12.1 Å². The number of amides is 1. The molecule has 1 aliphatic heterocycles. The molecule has 0 bridgehead atoms. The minimum Gasteiger partial charge on any atom is -0.347 e. The van der Waals surface area contributed by atoms with Gasteiger partial charge in [0.1, 0.15) is 0 Å². The maximum absolute atomic E-state index is 11.1. The highest BCUT2D eigenvalue weighted by Crippen LogP contribution is 2.12. The Kier molecular flexibility index (Phi) is 3.92. The van der Waals surface area contributed by atoms with Crippen molar-refractivity contribution < 1.29 is 4.79 Å². The van der Waals surface area contributed by atoms with E-state index >= 15 is 0 Å². The lowest BCUT2D eigenvalue weighted by atomic mass is 10.1. The Labute approximate surface area is 89.3 Å². The predicted molar refractivity (Wildman–Crippen MR) is 57.4 cm³/mol. The van der Waals surface area contributed by atoms with Crippen LogP contribution in [0.15, 0.2) is 30.3 Å². The van der Waals surface area contributed by atoms with Crippen LogP contribution >= 0.6 is 12.4 Å². The summed E-state index contributed by atoms with van der Waals surface area (Å²) in [6.07, 6.45) is 0. The molecule has 0 spiro atoms. The van der Waals surface area contributed by atoms with Crippen molar-refractivity contribution in [1.82, 2.24) is 10.6 Å². The van der Waals surface area contributed by atoms with Crippen molar-refractivity contribution in [3.05, 3.63) is 35.9 Å². The number of rotatable bonds is 1. The van der Waals surface area contributed by atoms with Gasteiger partial charge in [0.15, 0.2) is 0 Å². The second-order valence-electron chi connectivity index (χ2n) is 3.16. The summed E-state index contributed by atoms with van der Waals surface area (Å²) in [6.45, 7) is 1.25. The lowest BCUT2D eigenvalue weighted by molar-refractivity contribution is -0.122. The highest BCUT2D eigenvalue weighted by Gasteiger charge is 2.18. The summed E-state index contributed by atoms with van der Waals surface area (Å²) >= 11 is 0. The third kappa shape index (κ3) is 2.47. The van der Waals surface area contributed by atoms with Gasteiger partial charge in [0.05, 0.1) is 12.6 Å². The van der Waals surface area contributed by atoms with Crippen molar-refractivity contribution in [2.24, 2.45) is 0 Å². The molecule has 1 amide bonds. The number of hydrogen-bond acceptors (Lipinski definition) is 2. The van der Waals surface area contributed by atoms with Crippen LogP contribution in [0.5, 0.6) is 0 Å². The van der Waals surface area contributed by atoms with E-state index in [2.05, 4.69) is 10.6 Å². The molecule has 0 radical (unpaired) electrons. The zero-order valence-electron chi connectivity index (χ0n) is 7.69. The number of carbonyl (C=O) groups is 1. The second kappa shape index (κ2) is 4.98. The van der Waals surface area contributed by atoms with Gasteiger partial charge in [-0.1, -0.05) is 30.3 Å². The van der Waals surface area contributed by atoms with Crippen molar-refractivity contribution in [2.75, 3.05) is 13.1 Å². The molecule has 0 aliphatic carbocycles. The Balaban J connectivity index is 0.000000980. The number of carbonyl (C=O) groups excluding carboxylic acids is 1. The summed E-state index contributed by atoms with van der Waals surface area (Å²) < 4.78 is 0. The van der Waals surface area contributed by atoms with Crippen molar-refractivity contribution in [1.29, 1.82) is 0 Å². The van der Waals surface area contributed by atoms with Crippen molar-refractivity contribution >= 4 is 18.3 Å². The van der Waals surface area contributed by atoms with Gasteiger partial charge >= 0.3 is 0 Å². The first-order valence-corrected chi connectivity index (χ1v) is 4.41. The summed E-state index contributed by atoms with van der Waals surface area (Å²) in [7, 11) is 0. The van der Waals surface area contributed by atoms with E-state index in [1.54, 1.807) is 0 Å². The minimum atomic E-state index is 0. The Morgan fingerprint density at radius 2 is 1.93 bits per heavy atom. The molecule has 2 N–H and O–H groups in total. The normalized spacial score (nSPS) is 20.9. The largest absolute Gasteiger partial charge is 0.347 e. The third-order valence-electron chi connectivity index (χ3n) is 2.17. The number of hydrogen-bond donors (Lipinski definition) is 2. The van der Waals surface area contributed by atoms with Gasteiger partial charge in [0, 0.05) is 6.54 Å². The molecule has 14 heavy (non-hydrogen) atoms. The first kappa shape index (κ1) is 11.0. The topological polar surface area (TPSA) is 41.1 Å². The Morgan fingerprint density at radius 1 is 1.21 bits per heavy atom. The van der Waals surface area contributed by atoms with Crippen LogP contribution in [0.25, 0.3) is 0 Å². The van der Waals surface area contributed by atoms with Crippen LogP contribution in [0.4, 0.5) is 0 Å². The highest BCUT2D eigenvalue weighted by atomic mass is 35.5. The molecule has 1 heterocycles. The van der Waals surface area contributed by atoms with E-state index in [9.17, 15) is 4.79 Å². The van der Waals surface area contributed by atoms with E-state index in [1.807, 2.05) is 30.3 Å². The molecular formula is C10H13ClN2O. The van der Waals surface area contributed by atoms with Crippen LogP contribution in [0, 0.1) is 0 Å². The second-order valence-corrected chi connectivity index (χ2v) is 3.16. The van der Waals surface area contributed by atoms with Crippen LogP contribution in [-0.4, -0.2) is 19.0 Å². The Hall–Kier alpha value is -1.06. The molecule has 4 heteroatoms. The molecule has 0 aromatic heterocycles. The maximum atomic E-state index is 11.1. The first-order chi connectivity index (χ1) is 6.36. The standard InChI is InChI=1S/C10H12N2O.ClH/c13-10-7-11-6-9(12-10)8-4-2-1-3-5-8;/h1-5,9,11H,6-7H2,(H,12,13);1H. The molecule has 1 aromatic rings. The van der Waals surface area contributed by atoms with E-state index < -0.39 is 0 Å². The Bertz CT molecular complexity index is 302. The monoisotopic (exact) mass is 212 g/mol. The van der Waals surface area contributed by atoms with Gasteiger partial charge in [-0.2, -0.15) is 0 Å². The lowest BCUT2D eigenvalue weighted by Gasteiger charge is -2.24. The maximum Gasteiger partial charge on any atom is 0.234 e. The molecule has 1 aromatic carbocycles. The molecule has 76 valence electrons. The summed E-state index contributed by atoms with van der Waals surface area (Å²) in [5.41, 5.74) is 1.16. The van der Waals surface area contributed by atoms with Gasteiger partial charge in [-0.3, -0.25) is 4.79 Å². The molecular weight excluding hydrogens is 200 g/mol. The fourth-order valence-electron chi connectivity index (χ4n) is 1.51. The number of halogens is 1. The summed E-state index contributed by atoms with van der Waals surface area (Å²) in [5, 5.41) is 6.00. The number of benzene rings is 1. The van der Waals surface area contributed by atoms with Gasteiger partial charge in [0.25, 0.3) is 0 Å². The predicted octanol–water partition coefficient (Wildman–Crippen LogP) is 0.869. The van der Waals surface area contributed by atoms with Crippen molar-refractivity contribution in [3.8, 4) is 0 Å². The molecule has 0 saturated carbocycles. The van der Waals surface area contributed by atoms with Crippen molar-refractivity contribution in [2.45, 2.75) is 6.04 Å². The molecule has 1 fully saturated rings. The summed E-state index contributed by atoms with van der Waals surface area (Å²) in [5.74, 6) is 0.0695. The molecule has 1 unspecified atom stereocenters. The van der Waals surface area contributed by atoms with E-state index in [-0.39, 0.29) is 24.4 Å². The molecule has 2 rings (SSSR count). The lowest BCUT2D eigenvalue weighted by Crippen LogP contribution is -2.46. The van der Waals surface area contributed by atoms with Gasteiger partial charge in [0.2, 0.25) is 5.91 Å². The van der Waals surface area contributed by atoms with E-state index in [4.69, 9.17) is 0 Å². The molecule has 1 saturated heterocycles. The average molecular weight is 213 g/mol. The average Bonchev–Trinajstić information content (AvgIpc) is 2.19.